The third-order valence-corrected chi connectivity index (χ3v) is 5.01. The molecule has 1 aromatic heterocycles. The highest BCUT2D eigenvalue weighted by molar-refractivity contribution is 5.99. The monoisotopic (exact) mass is 354 g/mol. The number of ketones is 1. The Balaban J connectivity index is 2.17. The fourth-order valence-electron chi connectivity index (χ4n) is 3.62. The van der Waals surface area contributed by atoms with E-state index in [1.54, 1.807) is 0 Å². The van der Waals surface area contributed by atoms with Gasteiger partial charge < -0.3 is 4.57 Å². The van der Waals surface area contributed by atoms with Crippen LogP contribution in [0.5, 0.6) is 0 Å². The van der Waals surface area contributed by atoms with Crippen LogP contribution in [0.2, 0.25) is 0 Å². The van der Waals surface area contributed by atoms with Gasteiger partial charge in [0.05, 0.1) is 6.54 Å². The number of Topliss-reactive ketones (excluding diaryl/α,β-unsaturated/α-hetero) is 1. The van der Waals surface area contributed by atoms with E-state index >= 15 is 0 Å². The normalized spacial score (nSPS) is 11.3. The lowest BCUT2D eigenvalue weighted by atomic mass is 10.1. The van der Waals surface area contributed by atoms with Gasteiger partial charge in [-0.1, -0.05) is 38.8 Å². The number of aryl methyl sites for hydroxylation is 2. The average molecular weight is 355 g/mol. The van der Waals surface area contributed by atoms with Crippen LogP contribution in [0, 0.1) is 13.8 Å². The number of hydrogen-bond acceptors (Lipinski definition) is 2. The van der Waals surface area contributed by atoms with Crippen LogP contribution in [-0.4, -0.2) is 35.4 Å². The molecule has 142 valence electrons. The molecule has 0 atom stereocenters. The molecule has 2 rings (SSSR count). The minimum atomic E-state index is 0.205. The Bertz CT molecular complexity index is 713. The first-order valence-electron chi connectivity index (χ1n) is 9.97. The minimum Gasteiger partial charge on any atom is -0.318 e. The molecule has 3 nitrogen and oxygen atoms in total. The second-order valence-electron chi connectivity index (χ2n) is 7.40. The van der Waals surface area contributed by atoms with Gasteiger partial charge in [0.1, 0.15) is 0 Å². The fraction of sp³-hybridized carbons (Fsp3) is 0.522. The zero-order chi connectivity index (χ0) is 19.1. The molecule has 0 spiro atoms. The summed E-state index contributed by atoms with van der Waals surface area (Å²) in [5.41, 5.74) is 5.53. The number of unbranched alkanes of at least 4 members (excludes halogenated alkanes) is 2. The van der Waals surface area contributed by atoms with Gasteiger partial charge >= 0.3 is 0 Å². The Hall–Kier alpha value is -1.87. The first kappa shape index (κ1) is 20.4. The zero-order valence-electron chi connectivity index (χ0n) is 17.1. The highest BCUT2D eigenvalue weighted by Gasteiger charge is 2.17. The van der Waals surface area contributed by atoms with Crippen molar-refractivity contribution in [2.24, 2.45) is 0 Å². The maximum atomic E-state index is 12.7. The number of nitrogens with zero attached hydrogens (tertiary/aromatic N) is 2. The van der Waals surface area contributed by atoms with Crippen molar-refractivity contribution >= 4 is 5.78 Å². The highest BCUT2D eigenvalue weighted by Crippen LogP contribution is 2.22. The quantitative estimate of drug-likeness (QED) is 0.424. The van der Waals surface area contributed by atoms with Crippen LogP contribution in [0.25, 0.3) is 5.69 Å². The first-order valence-corrected chi connectivity index (χ1v) is 9.97. The molecule has 0 aliphatic heterocycles. The molecular weight excluding hydrogens is 320 g/mol. The summed E-state index contributed by atoms with van der Waals surface area (Å²) >= 11 is 0. The van der Waals surface area contributed by atoms with E-state index in [9.17, 15) is 4.79 Å². The predicted molar refractivity (Wildman–Crippen MR) is 111 cm³/mol. The number of likely N-dealkylation sites (N-methyl/N-ethyl adjacent to an activating group) is 1. The minimum absolute atomic E-state index is 0.205. The van der Waals surface area contributed by atoms with E-state index in [0.29, 0.717) is 6.54 Å². The van der Waals surface area contributed by atoms with Crippen LogP contribution in [0.15, 0.2) is 30.3 Å². The highest BCUT2D eigenvalue weighted by atomic mass is 16.1. The summed E-state index contributed by atoms with van der Waals surface area (Å²) in [6, 6.07) is 10.8. The first-order chi connectivity index (χ1) is 12.5. The summed E-state index contributed by atoms with van der Waals surface area (Å²) in [5.74, 6) is 0.205. The van der Waals surface area contributed by atoms with Gasteiger partial charge in [-0.25, -0.2) is 0 Å². The molecule has 0 radical (unpaired) electrons. The Morgan fingerprint density at radius 3 is 2.35 bits per heavy atom. The van der Waals surface area contributed by atoms with E-state index in [1.165, 1.54) is 24.8 Å². The van der Waals surface area contributed by atoms with Crippen molar-refractivity contribution < 1.29 is 4.79 Å². The van der Waals surface area contributed by atoms with Gasteiger partial charge in [0.25, 0.3) is 0 Å². The largest absolute Gasteiger partial charge is 0.318 e. The molecule has 0 fully saturated rings. The van der Waals surface area contributed by atoms with E-state index in [-0.39, 0.29) is 5.78 Å². The SMILES string of the molecule is CCCCCc1ccc(-n2c(C)cc(C(=O)CN(C)CCC)c2C)cc1. The lowest BCUT2D eigenvalue weighted by Gasteiger charge is -2.14. The summed E-state index contributed by atoms with van der Waals surface area (Å²) in [4.78, 5) is 14.8. The third kappa shape index (κ3) is 5.07. The molecule has 1 aromatic carbocycles. The summed E-state index contributed by atoms with van der Waals surface area (Å²) in [5, 5.41) is 0. The summed E-state index contributed by atoms with van der Waals surface area (Å²) < 4.78 is 2.20. The molecule has 0 bridgehead atoms. The van der Waals surface area contributed by atoms with Gasteiger partial charge in [0.2, 0.25) is 0 Å². The van der Waals surface area contributed by atoms with Crippen molar-refractivity contribution in [2.45, 2.75) is 59.8 Å². The maximum Gasteiger partial charge on any atom is 0.178 e. The molecular formula is C23H34N2O. The summed E-state index contributed by atoms with van der Waals surface area (Å²) in [6.07, 6.45) is 6.00. The second kappa shape index (κ2) is 9.72. The second-order valence-corrected chi connectivity index (χ2v) is 7.40. The standard InChI is InChI=1S/C23H34N2O/c1-6-8-9-10-20-11-13-21(14-12-20)25-18(3)16-22(19(25)4)23(26)17-24(5)15-7-2/h11-14,16H,6-10,15,17H2,1-5H3. The van der Waals surface area contributed by atoms with E-state index < -0.39 is 0 Å². The molecule has 2 aromatic rings. The Morgan fingerprint density at radius 2 is 1.73 bits per heavy atom. The molecule has 0 N–H and O–H groups in total. The molecule has 1 heterocycles. The number of rotatable bonds is 10. The van der Waals surface area contributed by atoms with E-state index in [1.807, 2.05) is 13.1 Å². The number of aromatic nitrogens is 1. The fourth-order valence-corrected chi connectivity index (χ4v) is 3.62. The van der Waals surface area contributed by atoms with Crippen LogP contribution >= 0.6 is 0 Å². The molecule has 0 aliphatic rings. The van der Waals surface area contributed by atoms with Crippen molar-refractivity contribution in [3.63, 3.8) is 0 Å². The Kier molecular flexibility index (Phi) is 7.65. The van der Waals surface area contributed by atoms with E-state index in [2.05, 4.69) is 61.4 Å². The maximum absolute atomic E-state index is 12.7. The molecule has 3 heteroatoms. The van der Waals surface area contributed by atoms with Crippen LogP contribution in [0.4, 0.5) is 0 Å². The molecule has 0 saturated carbocycles. The van der Waals surface area contributed by atoms with Crippen molar-refractivity contribution in [3.8, 4) is 5.69 Å². The van der Waals surface area contributed by atoms with Gasteiger partial charge in [-0.15, -0.1) is 0 Å². The molecule has 0 amide bonds. The number of benzene rings is 1. The number of hydrogen-bond donors (Lipinski definition) is 0. The Morgan fingerprint density at radius 1 is 1.04 bits per heavy atom. The van der Waals surface area contributed by atoms with E-state index in [4.69, 9.17) is 0 Å². The van der Waals surface area contributed by atoms with Gasteiger partial charge in [-0.05, 0) is 70.5 Å². The predicted octanol–water partition coefficient (Wildman–Crippen LogP) is 5.35. The lowest BCUT2D eigenvalue weighted by molar-refractivity contribution is 0.0946. The van der Waals surface area contributed by atoms with Gasteiger partial charge in [0.15, 0.2) is 5.78 Å². The topological polar surface area (TPSA) is 25.2 Å². The molecule has 0 saturated heterocycles. The average Bonchev–Trinajstić information content (AvgIpc) is 2.91. The molecule has 0 unspecified atom stereocenters. The molecule has 26 heavy (non-hydrogen) atoms. The summed E-state index contributed by atoms with van der Waals surface area (Å²) in [6.45, 7) is 9.93. The summed E-state index contributed by atoms with van der Waals surface area (Å²) in [7, 11) is 2.01. The van der Waals surface area contributed by atoms with Crippen molar-refractivity contribution in [2.75, 3.05) is 20.1 Å². The van der Waals surface area contributed by atoms with Gasteiger partial charge in [0, 0.05) is 22.6 Å². The number of carbonyl (C=O) groups is 1. The number of carbonyl (C=O) groups excluding carboxylic acids is 1. The van der Waals surface area contributed by atoms with Crippen LogP contribution in [0.1, 0.15) is 66.8 Å². The van der Waals surface area contributed by atoms with Gasteiger partial charge in [-0.2, -0.15) is 0 Å². The lowest BCUT2D eigenvalue weighted by Crippen LogP contribution is -2.26. The molecule has 0 aliphatic carbocycles. The van der Waals surface area contributed by atoms with Crippen LogP contribution < -0.4 is 0 Å². The third-order valence-electron chi connectivity index (χ3n) is 5.01. The van der Waals surface area contributed by atoms with Crippen molar-refractivity contribution in [3.05, 3.63) is 52.8 Å². The Labute approximate surface area is 159 Å². The zero-order valence-corrected chi connectivity index (χ0v) is 17.1. The van der Waals surface area contributed by atoms with Crippen molar-refractivity contribution in [1.29, 1.82) is 0 Å². The van der Waals surface area contributed by atoms with Gasteiger partial charge in [-0.3, -0.25) is 9.69 Å². The smallest absolute Gasteiger partial charge is 0.178 e. The van der Waals surface area contributed by atoms with Crippen LogP contribution in [-0.2, 0) is 6.42 Å². The van der Waals surface area contributed by atoms with Crippen LogP contribution in [0.3, 0.4) is 0 Å². The van der Waals surface area contributed by atoms with E-state index in [0.717, 1.165) is 42.0 Å². The van der Waals surface area contributed by atoms with Crippen molar-refractivity contribution in [1.82, 2.24) is 9.47 Å².